The average Bonchev–Trinajstić information content (AvgIpc) is 2.73. The zero-order valence-corrected chi connectivity index (χ0v) is 10.8. The second kappa shape index (κ2) is 5.28. The Labute approximate surface area is 113 Å². The molecule has 1 heterocycles. The highest BCUT2D eigenvalue weighted by molar-refractivity contribution is 5.87. The summed E-state index contributed by atoms with van der Waals surface area (Å²) < 4.78 is 30.6. The number of aromatic carboxylic acids is 1. The van der Waals surface area contributed by atoms with E-state index in [-0.39, 0.29) is 17.1 Å². The summed E-state index contributed by atoms with van der Waals surface area (Å²) in [5, 5.41) is 13.0. The molecule has 0 fully saturated rings. The molecule has 106 valence electrons. The number of nitrogens with zero attached hydrogens (tertiary/aromatic N) is 2. The van der Waals surface area contributed by atoms with Gasteiger partial charge in [-0.3, -0.25) is 4.68 Å². The van der Waals surface area contributed by atoms with Gasteiger partial charge >= 0.3 is 12.6 Å². The van der Waals surface area contributed by atoms with Gasteiger partial charge in [-0.25, -0.2) is 4.79 Å². The van der Waals surface area contributed by atoms with Gasteiger partial charge in [-0.05, 0) is 24.6 Å². The van der Waals surface area contributed by atoms with E-state index in [0.717, 1.165) is 0 Å². The molecule has 2 aromatic rings. The van der Waals surface area contributed by atoms with E-state index in [0.29, 0.717) is 11.1 Å². The third kappa shape index (κ3) is 2.61. The van der Waals surface area contributed by atoms with E-state index in [1.54, 1.807) is 25.1 Å². The standard InChI is InChI=1S/C13H12F2N2O3/c1-7-4-3-5-8(11(7)20-13(14)15)9-6-10(12(18)19)17(2)16-9/h3-6,13H,1-2H3,(H,18,19). The molecule has 1 aromatic heterocycles. The Morgan fingerprint density at radius 2 is 2.15 bits per heavy atom. The molecule has 0 unspecified atom stereocenters. The Morgan fingerprint density at radius 3 is 2.70 bits per heavy atom. The Hall–Kier alpha value is -2.44. The number of hydrogen-bond acceptors (Lipinski definition) is 3. The van der Waals surface area contributed by atoms with E-state index >= 15 is 0 Å². The molecular formula is C13H12F2N2O3. The Bertz CT molecular complexity index is 653. The normalized spacial score (nSPS) is 10.8. The number of ether oxygens (including phenoxy) is 1. The van der Waals surface area contributed by atoms with Crippen LogP contribution in [0.1, 0.15) is 16.1 Å². The van der Waals surface area contributed by atoms with Crippen molar-refractivity contribution in [3.8, 4) is 17.0 Å². The molecule has 0 bridgehead atoms. The van der Waals surface area contributed by atoms with E-state index < -0.39 is 12.6 Å². The number of aryl methyl sites for hydroxylation is 2. The van der Waals surface area contributed by atoms with Crippen LogP contribution in [0.2, 0.25) is 0 Å². The van der Waals surface area contributed by atoms with Gasteiger partial charge in [0.1, 0.15) is 11.4 Å². The largest absolute Gasteiger partial charge is 0.477 e. The first-order valence-corrected chi connectivity index (χ1v) is 5.72. The van der Waals surface area contributed by atoms with Crippen LogP contribution in [0.3, 0.4) is 0 Å². The number of carboxylic acids is 1. The molecule has 0 amide bonds. The molecule has 0 spiro atoms. The van der Waals surface area contributed by atoms with E-state index in [1.165, 1.54) is 17.8 Å². The lowest BCUT2D eigenvalue weighted by Gasteiger charge is -2.11. The molecule has 5 nitrogen and oxygen atoms in total. The Kier molecular flexibility index (Phi) is 3.69. The van der Waals surface area contributed by atoms with E-state index in [1.807, 2.05) is 0 Å². The summed E-state index contributed by atoms with van der Waals surface area (Å²) in [6.07, 6.45) is 0. The van der Waals surface area contributed by atoms with E-state index in [9.17, 15) is 13.6 Å². The Balaban J connectivity index is 2.55. The van der Waals surface area contributed by atoms with Crippen molar-refractivity contribution < 1.29 is 23.4 Å². The van der Waals surface area contributed by atoms with Crippen LogP contribution in [0.25, 0.3) is 11.3 Å². The van der Waals surface area contributed by atoms with Crippen LogP contribution in [-0.4, -0.2) is 27.5 Å². The van der Waals surface area contributed by atoms with Crippen LogP contribution in [0.4, 0.5) is 8.78 Å². The smallest absolute Gasteiger partial charge is 0.387 e. The summed E-state index contributed by atoms with van der Waals surface area (Å²) in [4.78, 5) is 11.0. The summed E-state index contributed by atoms with van der Waals surface area (Å²) in [6.45, 7) is -1.33. The number of alkyl halides is 2. The predicted octanol–water partition coefficient (Wildman–Crippen LogP) is 2.70. The maximum atomic E-state index is 12.5. The molecule has 1 aromatic carbocycles. The lowest BCUT2D eigenvalue weighted by molar-refractivity contribution is -0.0499. The van der Waals surface area contributed by atoms with Crippen molar-refractivity contribution in [2.75, 3.05) is 0 Å². The topological polar surface area (TPSA) is 64.3 Å². The van der Waals surface area contributed by atoms with Crippen molar-refractivity contribution in [2.45, 2.75) is 13.5 Å². The third-order valence-corrected chi connectivity index (χ3v) is 2.79. The van der Waals surface area contributed by atoms with Crippen molar-refractivity contribution in [3.05, 3.63) is 35.5 Å². The Morgan fingerprint density at radius 1 is 1.45 bits per heavy atom. The molecule has 0 aliphatic heterocycles. The van der Waals surface area contributed by atoms with Crippen LogP contribution in [-0.2, 0) is 7.05 Å². The lowest BCUT2D eigenvalue weighted by atomic mass is 10.1. The minimum Gasteiger partial charge on any atom is -0.477 e. The van der Waals surface area contributed by atoms with Crippen LogP contribution < -0.4 is 4.74 Å². The van der Waals surface area contributed by atoms with E-state index in [2.05, 4.69) is 9.84 Å². The molecular weight excluding hydrogens is 270 g/mol. The first kappa shape index (κ1) is 14.0. The number of para-hydroxylation sites is 1. The summed E-state index contributed by atoms with van der Waals surface area (Å²) in [5.41, 5.74) is 1.08. The number of halogens is 2. The number of aromatic nitrogens is 2. The minimum absolute atomic E-state index is 0.00228. The zero-order valence-electron chi connectivity index (χ0n) is 10.8. The zero-order chi connectivity index (χ0) is 14.9. The maximum absolute atomic E-state index is 12.5. The highest BCUT2D eigenvalue weighted by Crippen LogP contribution is 2.33. The summed E-state index contributed by atoms with van der Waals surface area (Å²) in [5.74, 6) is -1.15. The highest BCUT2D eigenvalue weighted by Gasteiger charge is 2.18. The number of rotatable bonds is 4. The van der Waals surface area contributed by atoms with Gasteiger partial charge in [-0.2, -0.15) is 13.9 Å². The number of carbonyl (C=O) groups is 1. The molecule has 0 atom stereocenters. The third-order valence-electron chi connectivity index (χ3n) is 2.79. The molecule has 0 aliphatic carbocycles. The fraction of sp³-hybridized carbons (Fsp3) is 0.231. The van der Waals surface area contributed by atoms with Crippen molar-refractivity contribution in [1.29, 1.82) is 0 Å². The first-order chi connectivity index (χ1) is 9.40. The minimum atomic E-state index is -2.96. The van der Waals surface area contributed by atoms with Gasteiger partial charge in [0.25, 0.3) is 0 Å². The van der Waals surface area contributed by atoms with Crippen LogP contribution >= 0.6 is 0 Å². The molecule has 0 aliphatic rings. The summed E-state index contributed by atoms with van der Waals surface area (Å²) in [7, 11) is 1.47. The van der Waals surface area contributed by atoms with E-state index in [4.69, 9.17) is 5.11 Å². The van der Waals surface area contributed by atoms with Gasteiger partial charge in [0, 0.05) is 12.6 Å². The van der Waals surface area contributed by atoms with Crippen LogP contribution in [0.15, 0.2) is 24.3 Å². The number of carboxylic acid groups (broad SMARTS) is 1. The van der Waals surface area contributed by atoms with Crippen LogP contribution in [0.5, 0.6) is 5.75 Å². The second-order valence-electron chi connectivity index (χ2n) is 4.17. The second-order valence-corrected chi connectivity index (χ2v) is 4.17. The van der Waals surface area contributed by atoms with Crippen molar-refractivity contribution >= 4 is 5.97 Å². The summed E-state index contributed by atoms with van der Waals surface area (Å²) in [6, 6.07) is 6.16. The van der Waals surface area contributed by atoms with Gasteiger partial charge in [0.05, 0.1) is 5.69 Å². The maximum Gasteiger partial charge on any atom is 0.387 e. The SMILES string of the molecule is Cc1cccc(-c2cc(C(=O)O)n(C)n2)c1OC(F)F. The number of benzene rings is 1. The lowest BCUT2D eigenvalue weighted by Crippen LogP contribution is -2.05. The quantitative estimate of drug-likeness (QED) is 0.936. The molecule has 1 N–H and O–H groups in total. The molecule has 7 heteroatoms. The highest BCUT2D eigenvalue weighted by atomic mass is 19.3. The van der Waals surface area contributed by atoms with Crippen molar-refractivity contribution in [1.82, 2.24) is 9.78 Å². The fourth-order valence-corrected chi connectivity index (χ4v) is 1.90. The number of hydrogen-bond donors (Lipinski definition) is 1. The van der Waals surface area contributed by atoms with Gasteiger partial charge in [0.2, 0.25) is 0 Å². The summed E-state index contributed by atoms with van der Waals surface area (Å²) >= 11 is 0. The fourth-order valence-electron chi connectivity index (χ4n) is 1.90. The molecule has 0 radical (unpaired) electrons. The first-order valence-electron chi connectivity index (χ1n) is 5.72. The monoisotopic (exact) mass is 282 g/mol. The van der Waals surface area contributed by atoms with Crippen molar-refractivity contribution in [3.63, 3.8) is 0 Å². The van der Waals surface area contributed by atoms with Crippen molar-refractivity contribution in [2.24, 2.45) is 7.05 Å². The average molecular weight is 282 g/mol. The van der Waals surface area contributed by atoms with Gasteiger partial charge in [0.15, 0.2) is 0 Å². The van der Waals surface area contributed by atoms with Crippen LogP contribution in [0, 0.1) is 6.92 Å². The van der Waals surface area contributed by atoms with Gasteiger partial charge < -0.3 is 9.84 Å². The van der Waals surface area contributed by atoms with Gasteiger partial charge in [-0.1, -0.05) is 12.1 Å². The molecule has 20 heavy (non-hydrogen) atoms. The molecule has 0 saturated carbocycles. The molecule has 2 rings (SSSR count). The van der Waals surface area contributed by atoms with Gasteiger partial charge in [-0.15, -0.1) is 0 Å². The molecule has 0 saturated heterocycles. The predicted molar refractivity (Wildman–Crippen MR) is 67.0 cm³/mol.